The third kappa shape index (κ3) is 2.44. The number of aliphatic imine (C=N–C) groups is 1. The van der Waals surface area contributed by atoms with Crippen LogP contribution in [0, 0.1) is 0 Å². The maximum absolute atomic E-state index is 14.0. The highest BCUT2D eigenvalue weighted by atomic mass is 79.9. The van der Waals surface area contributed by atoms with Crippen molar-refractivity contribution in [1.29, 1.82) is 0 Å². The first-order valence-corrected chi connectivity index (χ1v) is 10.9. The summed E-state index contributed by atoms with van der Waals surface area (Å²) in [4.78, 5) is 20.5. The highest BCUT2D eigenvalue weighted by Crippen LogP contribution is 2.58. The Morgan fingerprint density at radius 3 is 2.38 bits per heavy atom. The van der Waals surface area contributed by atoms with Gasteiger partial charge in [-0.25, -0.2) is 4.99 Å². The highest BCUT2D eigenvalue weighted by Gasteiger charge is 2.68. The van der Waals surface area contributed by atoms with Crippen molar-refractivity contribution in [2.75, 3.05) is 0 Å². The minimum Gasteiger partial charge on any atom is -0.483 e. The van der Waals surface area contributed by atoms with E-state index in [0.717, 1.165) is 28.6 Å². The standard InChI is InChI=1S/C23H24BrN3O2/c1-14(2)27-20(28)23(26-21(27)25)18-13-17(24)7-8-19(18)29-22(23)11-9-15-5-3-4-6-16(15)10-12-22/h3-8,13-14H,9-12H2,1-2H3,(H2,25,26). The van der Waals surface area contributed by atoms with Crippen LogP contribution in [0.1, 0.15) is 43.4 Å². The zero-order valence-electron chi connectivity index (χ0n) is 16.6. The second-order valence-electron chi connectivity index (χ2n) is 8.45. The number of nitrogens with zero attached hydrogens (tertiary/aromatic N) is 2. The lowest BCUT2D eigenvalue weighted by Gasteiger charge is -2.39. The number of benzene rings is 2. The van der Waals surface area contributed by atoms with E-state index in [9.17, 15) is 4.79 Å². The van der Waals surface area contributed by atoms with E-state index in [-0.39, 0.29) is 17.9 Å². The van der Waals surface area contributed by atoms with Gasteiger partial charge in [-0.15, -0.1) is 0 Å². The third-order valence-corrected chi connectivity index (χ3v) is 7.08. The molecule has 6 heteroatoms. The predicted octanol–water partition coefficient (Wildman–Crippen LogP) is 3.92. The van der Waals surface area contributed by atoms with Crippen molar-refractivity contribution in [3.8, 4) is 5.75 Å². The average Bonchev–Trinajstić information content (AvgIpc) is 3.01. The first kappa shape index (κ1) is 18.7. The quantitative estimate of drug-likeness (QED) is 0.711. The van der Waals surface area contributed by atoms with Crippen LogP contribution >= 0.6 is 15.9 Å². The van der Waals surface area contributed by atoms with Crippen LogP contribution in [0.4, 0.5) is 0 Å². The summed E-state index contributed by atoms with van der Waals surface area (Å²) in [6.45, 7) is 3.93. The van der Waals surface area contributed by atoms with Crippen LogP contribution in [0.2, 0.25) is 0 Å². The number of rotatable bonds is 1. The lowest BCUT2D eigenvalue weighted by Crippen LogP contribution is -2.57. The molecule has 5 nitrogen and oxygen atoms in total. The van der Waals surface area contributed by atoms with Gasteiger partial charge in [0.2, 0.25) is 5.54 Å². The van der Waals surface area contributed by atoms with Crippen LogP contribution in [-0.4, -0.2) is 28.4 Å². The average molecular weight is 454 g/mol. The Kier molecular flexibility index (Phi) is 4.07. The molecule has 2 aromatic rings. The first-order chi connectivity index (χ1) is 13.9. The van der Waals surface area contributed by atoms with Crippen molar-refractivity contribution in [1.82, 2.24) is 4.90 Å². The molecular formula is C23H24BrN3O2. The van der Waals surface area contributed by atoms with Gasteiger partial charge in [-0.3, -0.25) is 9.69 Å². The molecule has 1 amide bonds. The minimum absolute atomic E-state index is 0.0677. The molecule has 2 aromatic carbocycles. The Morgan fingerprint density at radius 2 is 1.79 bits per heavy atom. The summed E-state index contributed by atoms with van der Waals surface area (Å²) < 4.78 is 7.56. The Morgan fingerprint density at radius 1 is 1.14 bits per heavy atom. The zero-order valence-corrected chi connectivity index (χ0v) is 18.2. The fourth-order valence-electron chi connectivity index (χ4n) is 5.23. The van der Waals surface area contributed by atoms with Crippen LogP contribution in [0.5, 0.6) is 5.75 Å². The normalized spacial score (nSPS) is 24.5. The summed E-state index contributed by atoms with van der Waals surface area (Å²) in [5.41, 5.74) is 7.89. The van der Waals surface area contributed by atoms with E-state index in [1.807, 2.05) is 32.0 Å². The molecular weight excluding hydrogens is 430 g/mol. The summed E-state index contributed by atoms with van der Waals surface area (Å²) in [5, 5.41) is 0. The zero-order chi connectivity index (χ0) is 20.4. The number of halogens is 1. The number of nitrogens with two attached hydrogens (primary N) is 1. The van der Waals surface area contributed by atoms with Gasteiger partial charge in [-0.05, 0) is 68.9 Å². The molecule has 0 fully saturated rings. The number of ether oxygens (including phenoxy) is 1. The Hall–Kier alpha value is -2.34. The number of amides is 1. The molecule has 0 saturated carbocycles. The molecule has 0 aromatic heterocycles. The Bertz CT molecular complexity index is 1020. The second-order valence-corrected chi connectivity index (χ2v) is 9.37. The van der Waals surface area contributed by atoms with Crippen molar-refractivity contribution >= 4 is 27.8 Å². The predicted molar refractivity (Wildman–Crippen MR) is 116 cm³/mol. The third-order valence-electron chi connectivity index (χ3n) is 6.58. The maximum atomic E-state index is 14.0. The summed E-state index contributed by atoms with van der Waals surface area (Å²) in [6.07, 6.45) is 3.12. The molecule has 29 heavy (non-hydrogen) atoms. The van der Waals surface area contributed by atoms with E-state index in [0.29, 0.717) is 12.8 Å². The van der Waals surface area contributed by atoms with E-state index >= 15 is 0 Å². The van der Waals surface area contributed by atoms with Gasteiger partial charge in [0, 0.05) is 16.1 Å². The fraction of sp³-hybridized carbons (Fsp3) is 0.391. The van der Waals surface area contributed by atoms with Gasteiger partial charge in [0.05, 0.1) is 0 Å². The van der Waals surface area contributed by atoms with E-state index < -0.39 is 11.1 Å². The van der Waals surface area contributed by atoms with Crippen molar-refractivity contribution in [2.45, 2.75) is 56.7 Å². The molecule has 1 aliphatic carbocycles. The van der Waals surface area contributed by atoms with Crippen LogP contribution in [-0.2, 0) is 23.2 Å². The highest BCUT2D eigenvalue weighted by molar-refractivity contribution is 9.10. The maximum Gasteiger partial charge on any atom is 0.266 e. The molecule has 0 saturated heterocycles. The number of hydrogen-bond acceptors (Lipinski definition) is 4. The van der Waals surface area contributed by atoms with Crippen molar-refractivity contribution in [3.63, 3.8) is 0 Å². The van der Waals surface area contributed by atoms with Gasteiger partial charge in [0.15, 0.2) is 5.96 Å². The van der Waals surface area contributed by atoms with Crippen molar-refractivity contribution in [2.24, 2.45) is 10.7 Å². The van der Waals surface area contributed by atoms with Gasteiger partial charge in [0.25, 0.3) is 5.91 Å². The van der Waals surface area contributed by atoms with Gasteiger partial charge in [-0.1, -0.05) is 40.2 Å². The summed E-state index contributed by atoms with van der Waals surface area (Å²) in [6, 6.07) is 14.3. The summed E-state index contributed by atoms with van der Waals surface area (Å²) >= 11 is 3.57. The monoisotopic (exact) mass is 453 g/mol. The topological polar surface area (TPSA) is 67.9 Å². The number of aryl methyl sites for hydroxylation is 2. The Balaban J connectivity index is 1.70. The van der Waals surface area contributed by atoms with Gasteiger partial charge >= 0.3 is 0 Å². The van der Waals surface area contributed by atoms with Crippen LogP contribution in [0.15, 0.2) is 51.9 Å². The van der Waals surface area contributed by atoms with Crippen molar-refractivity contribution in [3.05, 3.63) is 63.6 Å². The first-order valence-electron chi connectivity index (χ1n) is 10.1. The van der Waals surface area contributed by atoms with Gasteiger partial charge in [0.1, 0.15) is 11.4 Å². The molecule has 1 unspecified atom stereocenters. The minimum atomic E-state index is -1.14. The molecule has 0 radical (unpaired) electrons. The van der Waals surface area contributed by atoms with E-state index in [4.69, 9.17) is 15.5 Å². The number of carbonyl (C=O) groups is 1. The molecule has 2 spiro atoms. The van der Waals surface area contributed by atoms with E-state index in [1.165, 1.54) is 11.1 Å². The largest absolute Gasteiger partial charge is 0.483 e. The number of fused-ring (bicyclic) bond motifs is 4. The molecule has 0 bridgehead atoms. The van der Waals surface area contributed by atoms with E-state index in [1.54, 1.807) is 4.90 Å². The summed E-state index contributed by atoms with van der Waals surface area (Å²) in [5.74, 6) is 0.935. The second kappa shape index (κ2) is 6.33. The molecule has 3 aliphatic rings. The lowest BCUT2D eigenvalue weighted by atomic mass is 9.72. The molecule has 1 atom stereocenters. The molecule has 2 N–H and O–H groups in total. The van der Waals surface area contributed by atoms with Crippen LogP contribution < -0.4 is 10.5 Å². The number of hydrogen-bond donors (Lipinski definition) is 1. The van der Waals surface area contributed by atoms with Crippen molar-refractivity contribution < 1.29 is 9.53 Å². The van der Waals surface area contributed by atoms with Gasteiger partial charge < -0.3 is 10.5 Å². The lowest BCUT2D eigenvalue weighted by molar-refractivity contribution is -0.140. The molecule has 5 rings (SSSR count). The SMILES string of the molecule is CC(C)N1C(=O)C2(N=C1N)c1cc(Br)ccc1OC21CCc2ccccc2CC1. The number of guanidine groups is 1. The number of carbonyl (C=O) groups excluding carboxylic acids is 1. The van der Waals surface area contributed by atoms with E-state index in [2.05, 4.69) is 40.2 Å². The van der Waals surface area contributed by atoms with Gasteiger partial charge in [-0.2, -0.15) is 0 Å². The Labute approximate surface area is 179 Å². The van der Waals surface area contributed by atoms with Crippen LogP contribution in [0.3, 0.4) is 0 Å². The fourth-order valence-corrected chi connectivity index (χ4v) is 5.60. The summed E-state index contributed by atoms with van der Waals surface area (Å²) in [7, 11) is 0. The molecule has 150 valence electrons. The molecule has 2 heterocycles. The smallest absolute Gasteiger partial charge is 0.266 e. The molecule has 2 aliphatic heterocycles. The van der Waals surface area contributed by atoms with Crippen LogP contribution in [0.25, 0.3) is 0 Å².